The molecule has 1 aliphatic heterocycles. The number of nitrogens with zero attached hydrogens (tertiary/aromatic N) is 1. The van der Waals surface area contributed by atoms with E-state index in [0.717, 1.165) is 36.4 Å². The Morgan fingerprint density at radius 2 is 1.83 bits per heavy atom. The Bertz CT molecular complexity index is 707. The summed E-state index contributed by atoms with van der Waals surface area (Å²) in [6.45, 7) is 3.67. The molecule has 0 radical (unpaired) electrons. The molecule has 2 aromatic carbocycles. The van der Waals surface area contributed by atoms with Gasteiger partial charge in [-0.15, -0.1) is 0 Å². The lowest BCUT2D eigenvalue weighted by Gasteiger charge is -2.16. The second-order valence-corrected chi connectivity index (χ2v) is 6.24. The highest BCUT2D eigenvalue weighted by Crippen LogP contribution is 2.23. The van der Waals surface area contributed by atoms with Crippen molar-refractivity contribution in [2.45, 2.75) is 25.9 Å². The first kappa shape index (κ1) is 16.3. The van der Waals surface area contributed by atoms with Crippen molar-refractivity contribution in [3.05, 3.63) is 59.2 Å². The van der Waals surface area contributed by atoms with Gasteiger partial charge in [-0.05, 0) is 67.9 Å². The van der Waals surface area contributed by atoms with E-state index < -0.39 is 5.91 Å². The first-order valence-electron chi connectivity index (χ1n) is 8.29. The summed E-state index contributed by atoms with van der Waals surface area (Å²) in [7, 11) is 0. The minimum atomic E-state index is -0.424. The maximum Gasteiger partial charge on any atom is 0.248 e. The van der Waals surface area contributed by atoms with Crippen LogP contribution in [-0.4, -0.2) is 29.0 Å². The van der Waals surface area contributed by atoms with Crippen LogP contribution in [0.5, 0.6) is 5.75 Å². The van der Waals surface area contributed by atoms with Gasteiger partial charge in [-0.2, -0.15) is 0 Å². The van der Waals surface area contributed by atoms with Gasteiger partial charge in [-0.1, -0.05) is 6.07 Å². The minimum Gasteiger partial charge on any atom is -0.508 e. The first-order chi connectivity index (χ1) is 11.6. The number of nitrogens with two attached hydrogens (primary N) is 1. The summed E-state index contributed by atoms with van der Waals surface area (Å²) in [6.07, 6.45) is 2.48. The van der Waals surface area contributed by atoms with Crippen LogP contribution in [0.15, 0.2) is 42.5 Å². The summed E-state index contributed by atoms with van der Waals surface area (Å²) in [4.78, 5) is 13.4. The molecule has 5 heteroatoms. The summed E-state index contributed by atoms with van der Waals surface area (Å²) in [5, 5.41) is 13.4. The third-order valence-electron chi connectivity index (χ3n) is 4.40. The highest BCUT2D eigenvalue weighted by atomic mass is 16.3. The molecule has 0 aliphatic carbocycles. The number of likely N-dealkylation sites (tertiary alicyclic amines) is 1. The third kappa shape index (κ3) is 4.06. The number of phenols is 1. The number of aromatic hydroxyl groups is 1. The minimum absolute atomic E-state index is 0.358. The highest BCUT2D eigenvalue weighted by molar-refractivity contribution is 5.93. The highest BCUT2D eigenvalue weighted by Gasteiger charge is 2.14. The molecule has 0 spiro atoms. The fourth-order valence-electron chi connectivity index (χ4n) is 3.01. The van der Waals surface area contributed by atoms with Crippen LogP contribution < -0.4 is 11.1 Å². The predicted octanol–water partition coefficient (Wildman–Crippen LogP) is 2.70. The molecule has 126 valence electrons. The van der Waals surface area contributed by atoms with Crippen LogP contribution in [0.3, 0.4) is 0 Å². The second kappa shape index (κ2) is 7.36. The molecule has 0 atom stereocenters. The first-order valence-corrected chi connectivity index (χ1v) is 8.29. The van der Waals surface area contributed by atoms with E-state index in [1.165, 1.54) is 12.8 Å². The number of amides is 1. The zero-order valence-corrected chi connectivity index (χ0v) is 13.7. The summed E-state index contributed by atoms with van der Waals surface area (Å²) in [5.74, 6) is -0.0666. The van der Waals surface area contributed by atoms with Crippen molar-refractivity contribution in [2.24, 2.45) is 5.73 Å². The number of hydrogen-bond donors (Lipinski definition) is 3. The molecular weight excluding hydrogens is 302 g/mol. The van der Waals surface area contributed by atoms with Crippen molar-refractivity contribution < 1.29 is 9.90 Å². The lowest BCUT2D eigenvalue weighted by Crippen LogP contribution is -2.18. The van der Waals surface area contributed by atoms with Gasteiger partial charge in [0.2, 0.25) is 5.91 Å². The second-order valence-electron chi connectivity index (χ2n) is 6.24. The fraction of sp³-hybridized carbons (Fsp3) is 0.316. The van der Waals surface area contributed by atoms with Crippen LogP contribution in [-0.2, 0) is 13.1 Å². The van der Waals surface area contributed by atoms with Gasteiger partial charge in [-0.25, -0.2) is 0 Å². The molecule has 2 aromatic rings. The van der Waals surface area contributed by atoms with E-state index >= 15 is 0 Å². The topological polar surface area (TPSA) is 78.6 Å². The van der Waals surface area contributed by atoms with E-state index in [1.807, 2.05) is 18.2 Å². The van der Waals surface area contributed by atoms with Gasteiger partial charge in [0.05, 0.1) is 0 Å². The standard InChI is InChI=1S/C19H23N3O2/c20-19(24)15-4-6-17(7-5-15)21-12-14-3-8-18(23)16(11-14)13-22-9-1-2-10-22/h3-8,11,21,23H,1-2,9-10,12-13H2,(H2,20,24). The van der Waals surface area contributed by atoms with Crippen molar-refractivity contribution in [1.82, 2.24) is 4.90 Å². The Hall–Kier alpha value is -2.53. The Balaban J connectivity index is 1.63. The van der Waals surface area contributed by atoms with Crippen LogP contribution in [0.2, 0.25) is 0 Å². The van der Waals surface area contributed by atoms with Crippen LogP contribution in [0.1, 0.15) is 34.3 Å². The molecule has 0 unspecified atom stereocenters. The molecule has 5 nitrogen and oxygen atoms in total. The molecule has 1 saturated heterocycles. The maximum absolute atomic E-state index is 11.1. The Morgan fingerprint density at radius 3 is 2.50 bits per heavy atom. The van der Waals surface area contributed by atoms with E-state index in [4.69, 9.17) is 5.73 Å². The van der Waals surface area contributed by atoms with Crippen LogP contribution in [0.4, 0.5) is 5.69 Å². The number of hydrogen-bond acceptors (Lipinski definition) is 4. The fourth-order valence-corrected chi connectivity index (χ4v) is 3.01. The normalized spacial score (nSPS) is 14.7. The largest absolute Gasteiger partial charge is 0.508 e. The van der Waals surface area contributed by atoms with E-state index in [1.54, 1.807) is 18.2 Å². The molecule has 3 rings (SSSR count). The lowest BCUT2D eigenvalue weighted by atomic mass is 10.1. The van der Waals surface area contributed by atoms with Crippen molar-refractivity contribution in [1.29, 1.82) is 0 Å². The van der Waals surface area contributed by atoms with Gasteiger partial charge >= 0.3 is 0 Å². The quantitative estimate of drug-likeness (QED) is 0.763. The summed E-state index contributed by atoms with van der Waals surface area (Å²) < 4.78 is 0. The van der Waals surface area contributed by atoms with Gasteiger partial charge in [0.1, 0.15) is 5.75 Å². The summed E-state index contributed by atoms with van der Waals surface area (Å²) in [6, 6.07) is 12.8. The number of carbonyl (C=O) groups is 1. The molecule has 0 bridgehead atoms. The zero-order valence-electron chi connectivity index (χ0n) is 13.7. The summed E-state index contributed by atoms with van der Waals surface area (Å²) >= 11 is 0. The van der Waals surface area contributed by atoms with Gasteiger partial charge in [-0.3, -0.25) is 9.69 Å². The average molecular weight is 325 g/mol. The predicted molar refractivity (Wildman–Crippen MR) is 94.9 cm³/mol. The molecule has 0 aromatic heterocycles. The number of rotatable bonds is 6. The van der Waals surface area contributed by atoms with Gasteiger partial charge in [0.25, 0.3) is 0 Å². The number of phenolic OH excluding ortho intramolecular Hbond substituents is 1. The van der Waals surface area contributed by atoms with Crippen molar-refractivity contribution >= 4 is 11.6 Å². The molecule has 0 saturated carbocycles. The maximum atomic E-state index is 11.1. The third-order valence-corrected chi connectivity index (χ3v) is 4.40. The van der Waals surface area contributed by atoms with E-state index in [-0.39, 0.29) is 0 Å². The average Bonchev–Trinajstić information content (AvgIpc) is 3.09. The summed E-state index contributed by atoms with van der Waals surface area (Å²) in [5.41, 5.74) is 8.75. The number of anilines is 1. The molecule has 1 fully saturated rings. The molecular formula is C19H23N3O2. The van der Waals surface area contributed by atoms with Gasteiger partial charge in [0.15, 0.2) is 0 Å². The smallest absolute Gasteiger partial charge is 0.248 e. The van der Waals surface area contributed by atoms with Gasteiger partial charge in [0, 0.05) is 29.9 Å². The number of primary amides is 1. The number of benzene rings is 2. The SMILES string of the molecule is NC(=O)c1ccc(NCc2ccc(O)c(CN3CCCC3)c2)cc1. The molecule has 4 N–H and O–H groups in total. The molecule has 1 aliphatic rings. The van der Waals surface area contributed by atoms with Crippen LogP contribution in [0.25, 0.3) is 0 Å². The Labute approximate surface area is 142 Å². The lowest BCUT2D eigenvalue weighted by molar-refractivity contribution is 0.100. The number of nitrogens with one attached hydrogen (secondary N) is 1. The molecule has 1 heterocycles. The Kier molecular flexibility index (Phi) is 5.01. The Morgan fingerprint density at radius 1 is 1.12 bits per heavy atom. The van der Waals surface area contributed by atoms with Crippen LogP contribution >= 0.6 is 0 Å². The molecule has 1 amide bonds. The molecule has 24 heavy (non-hydrogen) atoms. The van der Waals surface area contributed by atoms with E-state index in [9.17, 15) is 9.90 Å². The van der Waals surface area contributed by atoms with E-state index in [0.29, 0.717) is 17.9 Å². The van der Waals surface area contributed by atoms with Crippen molar-refractivity contribution in [2.75, 3.05) is 18.4 Å². The van der Waals surface area contributed by atoms with Crippen molar-refractivity contribution in [3.63, 3.8) is 0 Å². The monoisotopic (exact) mass is 325 g/mol. The van der Waals surface area contributed by atoms with Gasteiger partial charge < -0.3 is 16.2 Å². The van der Waals surface area contributed by atoms with Crippen molar-refractivity contribution in [3.8, 4) is 5.75 Å². The van der Waals surface area contributed by atoms with E-state index in [2.05, 4.69) is 16.3 Å². The zero-order chi connectivity index (χ0) is 16.9. The van der Waals surface area contributed by atoms with Crippen LogP contribution in [0, 0.1) is 0 Å². The number of carbonyl (C=O) groups excluding carboxylic acids is 1.